The maximum atomic E-state index is 5.43. The Hall–Kier alpha value is -0.500. The summed E-state index contributed by atoms with van der Waals surface area (Å²) in [6.45, 7) is 1.75. The monoisotopic (exact) mass is 168 g/mol. The first-order valence-electron chi connectivity index (χ1n) is 3.54. The van der Waals surface area contributed by atoms with Gasteiger partial charge in [-0.1, -0.05) is 6.07 Å². The predicted molar refractivity (Wildman–Crippen MR) is 44.7 cm³/mol. The van der Waals surface area contributed by atoms with Gasteiger partial charge in [-0.2, -0.15) is 0 Å². The maximum Gasteiger partial charge on any atom is 0.154 e. The molecule has 1 aromatic rings. The zero-order valence-corrected chi connectivity index (χ0v) is 6.92. The average molecular weight is 168 g/mol. The molecule has 1 N–H and O–H groups in total. The molecule has 1 unspecified atom stereocenters. The summed E-state index contributed by atoms with van der Waals surface area (Å²) < 4.78 is 5.43. The molecule has 0 bridgehead atoms. The Morgan fingerprint density at radius 1 is 1.55 bits per heavy atom. The quantitative estimate of drug-likeness (QED) is 0.625. The van der Waals surface area contributed by atoms with Crippen LogP contribution in [0.15, 0.2) is 24.4 Å². The maximum absolute atomic E-state index is 5.43. The highest BCUT2D eigenvalue weighted by atomic mass is 31.2. The Morgan fingerprint density at radius 3 is 3.18 bits per heavy atom. The van der Waals surface area contributed by atoms with Gasteiger partial charge in [0.2, 0.25) is 0 Å². The lowest BCUT2D eigenvalue weighted by molar-refractivity contribution is 0.401. The van der Waals surface area contributed by atoms with Crippen molar-refractivity contribution in [1.29, 1.82) is 0 Å². The zero-order chi connectivity index (χ0) is 7.52. The second kappa shape index (κ2) is 3.26. The Morgan fingerprint density at radius 2 is 2.55 bits per heavy atom. The lowest BCUT2D eigenvalue weighted by Crippen LogP contribution is -2.12. The topological polar surface area (TPSA) is 34.1 Å². The smallest absolute Gasteiger partial charge is 0.154 e. The van der Waals surface area contributed by atoms with Crippen LogP contribution in [0.4, 0.5) is 0 Å². The molecular weight excluding hydrogens is 159 g/mol. The summed E-state index contributed by atoms with van der Waals surface area (Å²) in [5, 5.41) is 3.25. The van der Waals surface area contributed by atoms with E-state index in [-0.39, 0.29) is 0 Å². The van der Waals surface area contributed by atoms with Crippen molar-refractivity contribution in [3.05, 3.63) is 24.4 Å². The highest BCUT2D eigenvalue weighted by Crippen LogP contribution is 2.32. The molecule has 0 saturated carbocycles. The lowest BCUT2D eigenvalue weighted by atomic mass is 10.5. The number of aromatic nitrogens is 1. The van der Waals surface area contributed by atoms with Crippen molar-refractivity contribution >= 4 is 13.7 Å². The molecule has 1 fully saturated rings. The van der Waals surface area contributed by atoms with E-state index in [1.165, 1.54) is 0 Å². The van der Waals surface area contributed by atoms with Gasteiger partial charge in [0.25, 0.3) is 0 Å². The first kappa shape index (κ1) is 7.17. The van der Waals surface area contributed by atoms with Gasteiger partial charge >= 0.3 is 0 Å². The van der Waals surface area contributed by atoms with Gasteiger partial charge in [-0.15, -0.1) is 0 Å². The van der Waals surface area contributed by atoms with E-state index in [9.17, 15) is 0 Å². The van der Waals surface area contributed by atoms with Gasteiger partial charge < -0.3 is 4.52 Å². The van der Waals surface area contributed by atoms with Crippen molar-refractivity contribution in [2.45, 2.75) is 0 Å². The molecule has 1 aliphatic rings. The normalized spacial score (nSPS) is 23.8. The largest absolute Gasteiger partial charge is 0.337 e. The summed E-state index contributed by atoms with van der Waals surface area (Å²) in [6, 6.07) is 5.88. The van der Waals surface area contributed by atoms with E-state index in [2.05, 4.69) is 10.1 Å². The molecule has 0 spiro atoms. The minimum atomic E-state index is -0.601. The van der Waals surface area contributed by atoms with Gasteiger partial charge in [0.15, 0.2) is 8.30 Å². The number of hydrogen-bond acceptors (Lipinski definition) is 3. The highest BCUT2D eigenvalue weighted by molar-refractivity contribution is 7.58. The minimum Gasteiger partial charge on any atom is -0.337 e. The Balaban J connectivity index is 2.16. The van der Waals surface area contributed by atoms with E-state index in [4.69, 9.17) is 4.52 Å². The number of hydrogen-bond donors (Lipinski definition) is 1. The molecule has 1 atom stereocenters. The van der Waals surface area contributed by atoms with Gasteiger partial charge in [-0.05, 0) is 12.1 Å². The molecule has 0 aromatic carbocycles. The van der Waals surface area contributed by atoms with Crippen LogP contribution in [0.1, 0.15) is 0 Å². The fraction of sp³-hybridized carbons (Fsp3) is 0.286. The van der Waals surface area contributed by atoms with Crippen molar-refractivity contribution in [3.63, 3.8) is 0 Å². The van der Waals surface area contributed by atoms with E-state index in [0.29, 0.717) is 0 Å². The van der Waals surface area contributed by atoms with Crippen LogP contribution in [0.2, 0.25) is 0 Å². The lowest BCUT2D eigenvalue weighted by Gasteiger charge is -2.06. The third-order valence-electron chi connectivity index (χ3n) is 1.44. The first-order valence-corrected chi connectivity index (χ1v) is 4.80. The minimum absolute atomic E-state index is 0.601. The van der Waals surface area contributed by atoms with Gasteiger partial charge in [0, 0.05) is 12.7 Å². The van der Waals surface area contributed by atoms with Crippen LogP contribution in [-0.4, -0.2) is 18.1 Å². The van der Waals surface area contributed by atoms with E-state index in [0.717, 1.165) is 18.6 Å². The van der Waals surface area contributed by atoms with Gasteiger partial charge in [-0.25, -0.2) is 0 Å². The molecule has 1 aliphatic heterocycles. The summed E-state index contributed by atoms with van der Waals surface area (Å²) in [6.07, 6.45) is 1.79. The van der Waals surface area contributed by atoms with Crippen LogP contribution in [0.25, 0.3) is 0 Å². The molecule has 2 rings (SSSR count). The molecule has 2 heterocycles. The predicted octanol–water partition coefficient (Wildman–Crippen LogP) is 0.639. The number of nitrogens with one attached hydrogen (secondary N) is 1. The number of rotatable bonds is 1. The summed E-state index contributed by atoms with van der Waals surface area (Å²) >= 11 is 0. The van der Waals surface area contributed by atoms with Crippen LogP contribution >= 0.6 is 8.30 Å². The van der Waals surface area contributed by atoms with E-state index in [1.807, 2.05) is 18.2 Å². The summed E-state index contributed by atoms with van der Waals surface area (Å²) in [5.74, 6) is 0. The van der Waals surface area contributed by atoms with Crippen LogP contribution in [0.5, 0.6) is 0 Å². The molecule has 58 valence electrons. The molecule has 11 heavy (non-hydrogen) atoms. The molecule has 4 heteroatoms. The molecule has 0 aliphatic carbocycles. The Kier molecular flexibility index (Phi) is 2.13. The SMILES string of the molecule is c1ccc(P2NCCO2)nc1. The van der Waals surface area contributed by atoms with Crippen molar-refractivity contribution in [2.75, 3.05) is 13.2 Å². The van der Waals surface area contributed by atoms with Crippen molar-refractivity contribution < 1.29 is 4.52 Å². The van der Waals surface area contributed by atoms with E-state index >= 15 is 0 Å². The number of nitrogens with zero attached hydrogens (tertiary/aromatic N) is 1. The van der Waals surface area contributed by atoms with E-state index in [1.54, 1.807) is 6.20 Å². The third-order valence-corrected chi connectivity index (χ3v) is 3.07. The average Bonchev–Trinajstić information content (AvgIpc) is 2.58. The van der Waals surface area contributed by atoms with Gasteiger partial charge in [0.1, 0.15) is 5.44 Å². The summed E-state index contributed by atoms with van der Waals surface area (Å²) in [5.41, 5.74) is 1.03. The van der Waals surface area contributed by atoms with Crippen LogP contribution in [-0.2, 0) is 4.52 Å². The zero-order valence-electron chi connectivity index (χ0n) is 6.03. The van der Waals surface area contributed by atoms with E-state index < -0.39 is 8.30 Å². The van der Waals surface area contributed by atoms with Gasteiger partial charge in [-0.3, -0.25) is 10.1 Å². The van der Waals surface area contributed by atoms with Crippen molar-refractivity contribution in [2.24, 2.45) is 0 Å². The third kappa shape index (κ3) is 1.56. The van der Waals surface area contributed by atoms with Crippen LogP contribution in [0, 0.1) is 0 Å². The summed E-state index contributed by atoms with van der Waals surface area (Å²) in [7, 11) is -0.601. The second-order valence-electron chi connectivity index (χ2n) is 2.22. The number of pyridine rings is 1. The molecule has 3 nitrogen and oxygen atoms in total. The molecule has 0 amide bonds. The Bertz CT molecular complexity index is 223. The molecule has 1 aromatic heterocycles. The summed E-state index contributed by atoms with van der Waals surface area (Å²) in [4.78, 5) is 4.20. The molecule has 1 saturated heterocycles. The van der Waals surface area contributed by atoms with Crippen molar-refractivity contribution in [1.82, 2.24) is 10.1 Å². The second-order valence-corrected chi connectivity index (χ2v) is 3.85. The first-order chi connectivity index (χ1) is 5.47. The highest BCUT2D eigenvalue weighted by Gasteiger charge is 2.17. The fourth-order valence-electron chi connectivity index (χ4n) is 0.951. The molecular formula is C7H9N2OP. The van der Waals surface area contributed by atoms with Gasteiger partial charge in [0.05, 0.1) is 6.61 Å². The molecule has 0 radical (unpaired) electrons. The van der Waals surface area contributed by atoms with Crippen LogP contribution < -0.4 is 10.5 Å². The van der Waals surface area contributed by atoms with Crippen LogP contribution in [0.3, 0.4) is 0 Å². The standard InChI is InChI=1S/C7H9N2OP/c1-2-4-8-7(3-1)11-9-5-6-10-11/h1-4,9H,5-6H2. The fourth-order valence-corrected chi connectivity index (χ4v) is 2.30. The Labute approximate surface area is 66.7 Å². The van der Waals surface area contributed by atoms with Crippen molar-refractivity contribution in [3.8, 4) is 0 Å².